The Morgan fingerprint density at radius 3 is 2.88 bits per heavy atom. The minimum atomic E-state index is 0.0613. The maximum absolute atomic E-state index is 8.24. The van der Waals surface area contributed by atoms with E-state index in [2.05, 4.69) is 11.1 Å². The zero-order valence-corrected chi connectivity index (χ0v) is 5.26. The molecule has 0 N–H and O–H groups in total. The summed E-state index contributed by atoms with van der Waals surface area (Å²) in [5.74, 6) is 0.0613. The van der Waals surface area contributed by atoms with Gasteiger partial charge in [0.2, 0.25) is 0 Å². The second kappa shape index (κ2) is 4.32. The minimum absolute atomic E-state index is 0.0613. The van der Waals surface area contributed by atoms with Crippen molar-refractivity contribution >= 4 is 6.21 Å². The van der Waals surface area contributed by atoms with Crippen LogP contribution in [-0.2, 0) is 0 Å². The molecule has 0 saturated carbocycles. The molecule has 0 heterocycles. The van der Waals surface area contributed by atoms with Crippen molar-refractivity contribution in [2.75, 3.05) is 6.54 Å². The molecule has 0 aromatic carbocycles. The van der Waals surface area contributed by atoms with Crippen molar-refractivity contribution in [3.05, 3.63) is 0 Å². The van der Waals surface area contributed by atoms with Crippen LogP contribution in [0.25, 0.3) is 0 Å². The van der Waals surface area contributed by atoms with Crippen LogP contribution in [0.2, 0.25) is 0 Å². The van der Waals surface area contributed by atoms with Crippen molar-refractivity contribution in [3.8, 4) is 6.07 Å². The standard InChI is InChI=1S/C6H10N2/c1-3-8-5-6(2)4-7/h3,6H,5H2,1-2H3. The first kappa shape index (κ1) is 7.16. The summed E-state index contributed by atoms with van der Waals surface area (Å²) in [6, 6.07) is 2.09. The SMILES string of the molecule is CC=NCC(C)C#N. The van der Waals surface area contributed by atoms with Crippen molar-refractivity contribution in [1.29, 1.82) is 5.26 Å². The molecule has 8 heavy (non-hydrogen) atoms. The number of nitriles is 1. The average molecular weight is 110 g/mol. The van der Waals surface area contributed by atoms with Crippen molar-refractivity contribution in [1.82, 2.24) is 0 Å². The van der Waals surface area contributed by atoms with Crippen LogP contribution < -0.4 is 0 Å². The van der Waals surface area contributed by atoms with Crippen LogP contribution in [0, 0.1) is 17.2 Å². The number of rotatable bonds is 2. The van der Waals surface area contributed by atoms with Crippen LogP contribution >= 0.6 is 0 Å². The second-order valence-electron chi connectivity index (χ2n) is 1.65. The smallest absolute Gasteiger partial charge is 0.0672 e. The zero-order valence-electron chi connectivity index (χ0n) is 5.26. The van der Waals surface area contributed by atoms with Gasteiger partial charge in [0.25, 0.3) is 0 Å². The van der Waals surface area contributed by atoms with Crippen LogP contribution in [0.15, 0.2) is 4.99 Å². The first-order valence-corrected chi connectivity index (χ1v) is 2.65. The van der Waals surface area contributed by atoms with Crippen molar-refractivity contribution in [2.45, 2.75) is 13.8 Å². The van der Waals surface area contributed by atoms with E-state index in [0.29, 0.717) is 6.54 Å². The molecule has 0 aliphatic heterocycles. The molecule has 0 bridgehead atoms. The molecule has 0 aliphatic carbocycles. The highest BCUT2D eigenvalue weighted by Gasteiger charge is 1.92. The fourth-order valence-corrected chi connectivity index (χ4v) is 0.304. The van der Waals surface area contributed by atoms with E-state index in [0.717, 1.165) is 0 Å². The summed E-state index contributed by atoms with van der Waals surface area (Å²) in [4.78, 5) is 3.90. The minimum Gasteiger partial charge on any atom is -0.296 e. The van der Waals surface area contributed by atoms with E-state index in [1.807, 2.05) is 13.8 Å². The Morgan fingerprint density at radius 2 is 2.50 bits per heavy atom. The van der Waals surface area contributed by atoms with Crippen LogP contribution in [0.3, 0.4) is 0 Å². The molecule has 0 aromatic heterocycles. The molecular formula is C6H10N2. The van der Waals surface area contributed by atoms with Gasteiger partial charge in [0.1, 0.15) is 0 Å². The van der Waals surface area contributed by atoms with E-state index in [4.69, 9.17) is 5.26 Å². The molecular weight excluding hydrogens is 100 g/mol. The summed E-state index contributed by atoms with van der Waals surface area (Å²) in [6.45, 7) is 4.34. The van der Waals surface area contributed by atoms with Crippen LogP contribution in [-0.4, -0.2) is 12.8 Å². The normalized spacial score (nSPS) is 13.6. The van der Waals surface area contributed by atoms with Gasteiger partial charge in [-0.25, -0.2) is 0 Å². The molecule has 0 saturated heterocycles. The Kier molecular flexibility index (Phi) is 3.87. The van der Waals surface area contributed by atoms with Gasteiger partial charge in [-0.3, -0.25) is 4.99 Å². The van der Waals surface area contributed by atoms with Gasteiger partial charge in [0.15, 0.2) is 0 Å². The molecule has 0 amide bonds. The monoisotopic (exact) mass is 110 g/mol. The predicted octanol–water partition coefficient (Wildman–Crippen LogP) is 1.24. The first-order valence-electron chi connectivity index (χ1n) is 2.65. The molecule has 2 heteroatoms. The van der Waals surface area contributed by atoms with E-state index in [9.17, 15) is 0 Å². The molecule has 0 spiro atoms. The Labute approximate surface area is 49.9 Å². The third-order valence-corrected chi connectivity index (χ3v) is 0.782. The summed E-state index contributed by atoms with van der Waals surface area (Å²) in [5, 5.41) is 8.24. The van der Waals surface area contributed by atoms with Gasteiger partial charge in [-0.05, 0) is 20.1 Å². The summed E-state index contributed by atoms with van der Waals surface area (Å²) >= 11 is 0. The highest BCUT2D eigenvalue weighted by molar-refractivity contribution is 5.53. The molecule has 1 unspecified atom stereocenters. The van der Waals surface area contributed by atoms with Gasteiger partial charge in [-0.2, -0.15) is 5.26 Å². The lowest BCUT2D eigenvalue weighted by Crippen LogP contribution is -1.93. The molecule has 44 valence electrons. The number of aliphatic imine (C=N–C) groups is 1. The largest absolute Gasteiger partial charge is 0.296 e. The highest BCUT2D eigenvalue weighted by atomic mass is 14.7. The van der Waals surface area contributed by atoms with Crippen molar-refractivity contribution in [3.63, 3.8) is 0 Å². The van der Waals surface area contributed by atoms with Gasteiger partial charge in [0.05, 0.1) is 18.5 Å². The molecule has 0 rings (SSSR count). The van der Waals surface area contributed by atoms with Gasteiger partial charge in [-0.15, -0.1) is 0 Å². The lowest BCUT2D eigenvalue weighted by Gasteiger charge is -1.90. The van der Waals surface area contributed by atoms with Crippen molar-refractivity contribution < 1.29 is 0 Å². The zero-order chi connectivity index (χ0) is 6.41. The van der Waals surface area contributed by atoms with Crippen LogP contribution in [0.1, 0.15) is 13.8 Å². The van der Waals surface area contributed by atoms with E-state index in [-0.39, 0.29) is 5.92 Å². The Balaban J connectivity index is 3.28. The third kappa shape index (κ3) is 3.35. The van der Waals surface area contributed by atoms with E-state index in [1.54, 1.807) is 6.21 Å². The highest BCUT2D eigenvalue weighted by Crippen LogP contribution is 1.89. The molecule has 0 aliphatic rings. The topological polar surface area (TPSA) is 36.1 Å². The van der Waals surface area contributed by atoms with Crippen LogP contribution in [0.5, 0.6) is 0 Å². The van der Waals surface area contributed by atoms with Crippen molar-refractivity contribution in [2.24, 2.45) is 10.9 Å². The van der Waals surface area contributed by atoms with E-state index < -0.39 is 0 Å². The Hall–Kier alpha value is -0.840. The summed E-state index contributed by atoms with van der Waals surface area (Å²) in [5.41, 5.74) is 0. The van der Waals surface area contributed by atoms with E-state index in [1.165, 1.54) is 0 Å². The predicted molar refractivity (Wildman–Crippen MR) is 33.8 cm³/mol. The van der Waals surface area contributed by atoms with Gasteiger partial charge < -0.3 is 0 Å². The molecule has 1 atom stereocenters. The maximum Gasteiger partial charge on any atom is 0.0672 e. The first-order chi connectivity index (χ1) is 3.81. The molecule has 0 aromatic rings. The Morgan fingerprint density at radius 1 is 1.88 bits per heavy atom. The van der Waals surface area contributed by atoms with Gasteiger partial charge >= 0.3 is 0 Å². The average Bonchev–Trinajstić information content (AvgIpc) is 1.83. The Bertz CT molecular complexity index is 110. The van der Waals surface area contributed by atoms with Crippen LogP contribution in [0.4, 0.5) is 0 Å². The lowest BCUT2D eigenvalue weighted by atomic mass is 10.2. The third-order valence-electron chi connectivity index (χ3n) is 0.782. The summed E-state index contributed by atoms with van der Waals surface area (Å²) in [7, 11) is 0. The number of hydrogen-bond donors (Lipinski definition) is 0. The fourth-order valence-electron chi connectivity index (χ4n) is 0.304. The fraction of sp³-hybridized carbons (Fsp3) is 0.667. The molecule has 2 nitrogen and oxygen atoms in total. The second-order valence-corrected chi connectivity index (χ2v) is 1.65. The molecule has 0 radical (unpaired) electrons. The summed E-state index contributed by atoms with van der Waals surface area (Å²) in [6.07, 6.45) is 1.72. The molecule has 0 fully saturated rings. The summed E-state index contributed by atoms with van der Waals surface area (Å²) < 4.78 is 0. The lowest BCUT2D eigenvalue weighted by molar-refractivity contribution is 0.758. The van der Waals surface area contributed by atoms with E-state index >= 15 is 0 Å². The maximum atomic E-state index is 8.24. The van der Waals surface area contributed by atoms with Gasteiger partial charge in [0, 0.05) is 0 Å². The quantitative estimate of drug-likeness (QED) is 0.492. The van der Waals surface area contributed by atoms with Gasteiger partial charge in [-0.1, -0.05) is 0 Å². The number of nitrogens with zero attached hydrogens (tertiary/aromatic N) is 2. The number of hydrogen-bond acceptors (Lipinski definition) is 2.